The van der Waals surface area contributed by atoms with Gasteiger partial charge in [0.2, 0.25) is 0 Å². The van der Waals surface area contributed by atoms with Gasteiger partial charge in [0.15, 0.2) is 0 Å². The summed E-state index contributed by atoms with van der Waals surface area (Å²) in [5.41, 5.74) is 12.7. The molecule has 0 radical (unpaired) electrons. The molecule has 0 aliphatic carbocycles. The van der Waals surface area contributed by atoms with E-state index >= 15 is 0 Å². The van der Waals surface area contributed by atoms with Crippen molar-refractivity contribution in [3.05, 3.63) is 132 Å². The lowest BCUT2D eigenvalue weighted by atomic mass is 9.87. The fourth-order valence-corrected chi connectivity index (χ4v) is 6.21. The molecule has 7 rings (SSSR count). The van der Waals surface area contributed by atoms with Crippen molar-refractivity contribution in [2.45, 2.75) is 40.0 Å². The highest BCUT2D eigenvalue weighted by atomic mass is 16.3. The molecule has 216 valence electrons. The maximum Gasteiger partial charge on any atom is 0.149 e. The van der Waals surface area contributed by atoms with E-state index in [0.29, 0.717) is 11.4 Å². The summed E-state index contributed by atoms with van der Waals surface area (Å²) in [6.07, 6.45) is 1.90. The third-order valence-corrected chi connectivity index (χ3v) is 8.62. The van der Waals surface area contributed by atoms with Gasteiger partial charge in [-0.15, -0.1) is 0 Å². The summed E-state index contributed by atoms with van der Waals surface area (Å²) in [4.78, 5) is 10.0. The van der Waals surface area contributed by atoms with Gasteiger partial charge in [-0.3, -0.25) is 9.55 Å². The number of para-hydroxylation sites is 2. The van der Waals surface area contributed by atoms with E-state index in [1.807, 2.05) is 24.4 Å². The maximum atomic E-state index is 10.9. The van der Waals surface area contributed by atoms with E-state index in [4.69, 9.17) is 9.97 Å². The topological polar surface area (TPSA) is 50.9 Å². The van der Waals surface area contributed by atoms with Crippen molar-refractivity contribution in [2.24, 2.45) is 0 Å². The molecule has 2 aromatic heterocycles. The monoisotopic (exact) mass is 573 g/mol. The summed E-state index contributed by atoms with van der Waals surface area (Å²) in [7, 11) is 0. The van der Waals surface area contributed by atoms with E-state index in [0.717, 1.165) is 44.5 Å². The number of hydrogen-bond acceptors (Lipinski definition) is 3. The van der Waals surface area contributed by atoms with E-state index in [9.17, 15) is 5.11 Å². The van der Waals surface area contributed by atoms with Crippen molar-refractivity contribution in [1.82, 2.24) is 14.5 Å². The van der Waals surface area contributed by atoms with Crippen LogP contribution < -0.4 is 0 Å². The molecule has 0 unspecified atom stereocenters. The Labute approximate surface area is 258 Å². The van der Waals surface area contributed by atoms with Crippen LogP contribution in [0.3, 0.4) is 0 Å². The second-order valence-corrected chi connectivity index (χ2v) is 12.6. The van der Waals surface area contributed by atoms with Crippen molar-refractivity contribution >= 4 is 21.9 Å². The number of benzene rings is 5. The second-order valence-electron chi connectivity index (χ2n) is 12.6. The van der Waals surface area contributed by atoms with E-state index in [2.05, 4.69) is 124 Å². The quantitative estimate of drug-likeness (QED) is 0.228. The maximum absolute atomic E-state index is 10.9. The van der Waals surface area contributed by atoms with Gasteiger partial charge in [-0.2, -0.15) is 0 Å². The molecule has 44 heavy (non-hydrogen) atoms. The van der Waals surface area contributed by atoms with Crippen LogP contribution in [0.5, 0.6) is 5.75 Å². The summed E-state index contributed by atoms with van der Waals surface area (Å²) in [5, 5.41) is 12.1. The zero-order valence-corrected chi connectivity index (χ0v) is 25.8. The molecule has 0 fully saturated rings. The zero-order valence-electron chi connectivity index (χ0n) is 25.8. The Bertz CT molecular complexity index is 2180. The lowest BCUT2D eigenvalue weighted by Crippen LogP contribution is -2.11. The number of phenolic OH excluding ortho intramolecular Hbond substituents is 1. The first-order chi connectivity index (χ1) is 21.2. The first kappa shape index (κ1) is 27.6. The summed E-state index contributed by atoms with van der Waals surface area (Å²) in [6.45, 7) is 10.9. The van der Waals surface area contributed by atoms with Crippen LogP contribution >= 0.6 is 0 Å². The number of pyridine rings is 1. The van der Waals surface area contributed by atoms with Gasteiger partial charge < -0.3 is 5.11 Å². The number of hydrogen-bond donors (Lipinski definition) is 1. The molecule has 0 saturated carbocycles. The first-order valence-electron chi connectivity index (χ1n) is 15.1. The number of phenols is 1. The second kappa shape index (κ2) is 10.5. The molecule has 2 heterocycles. The number of aromatic nitrogens is 3. The molecular formula is C40H35N3O. The summed E-state index contributed by atoms with van der Waals surface area (Å²) < 4.78 is 2.16. The van der Waals surface area contributed by atoms with Gasteiger partial charge in [-0.05, 0) is 89.5 Å². The standard InChI is InChI=1S/C40H35N3O/c1-25-22-23-41-38-31(25)21-16-26(2)36(38)28-11-8-10-27(24-28)32-13-9-14-34-37(32)42-39(33-12-6-7-15-35(33)44)43(34)30-19-17-29(18-20-30)40(3,4)5/h6-24,44H,1-5H3. The Morgan fingerprint density at radius 2 is 1.39 bits per heavy atom. The highest BCUT2D eigenvalue weighted by Gasteiger charge is 2.21. The number of nitrogens with zero attached hydrogens (tertiary/aromatic N) is 3. The molecule has 7 aromatic rings. The molecule has 5 aromatic carbocycles. The van der Waals surface area contributed by atoms with Crippen molar-refractivity contribution in [1.29, 1.82) is 0 Å². The van der Waals surface area contributed by atoms with Crippen molar-refractivity contribution < 1.29 is 5.11 Å². The fourth-order valence-electron chi connectivity index (χ4n) is 6.21. The fraction of sp³-hybridized carbons (Fsp3) is 0.150. The molecule has 0 bridgehead atoms. The Kier molecular flexibility index (Phi) is 6.58. The predicted octanol–water partition coefficient (Wildman–Crippen LogP) is 10.2. The number of fused-ring (bicyclic) bond motifs is 2. The number of rotatable bonds is 4. The van der Waals surface area contributed by atoms with Gasteiger partial charge >= 0.3 is 0 Å². The highest BCUT2D eigenvalue weighted by molar-refractivity contribution is 6.00. The minimum atomic E-state index is 0.0465. The van der Waals surface area contributed by atoms with Gasteiger partial charge in [0.1, 0.15) is 11.6 Å². The Hall–Kier alpha value is -5.22. The molecule has 0 aliphatic heterocycles. The molecule has 0 amide bonds. The van der Waals surface area contributed by atoms with Crippen LogP contribution in [-0.2, 0) is 5.41 Å². The van der Waals surface area contributed by atoms with Crippen LogP contribution in [0.2, 0.25) is 0 Å². The number of aryl methyl sites for hydroxylation is 2. The minimum absolute atomic E-state index is 0.0465. The van der Waals surface area contributed by atoms with Gasteiger partial charge in [0.25, 0.3) is 0 Å². The molecule has 4 nitrogen and oxygen atoms in total. The average molecular weight is 574 g/mol. The number of imidazole rings is 1. The van der Waals surface area contributed by atoms with Crippen LogP contribution in [0.4, 0.5) is 0 Å². The minimum Gasteiger partial charge on any atom is -0.507 e. The van der Waals surface area contributed by atoms with Crippen molar-refractivity contribution in [2.75, 3.05) is 0 Å². The molecule has 0 atom stereocenters. The third kappa shape index (κ3) is 4.64. The molecule has 1 N–H and O–H groups in total. The average Bonchev–Trinajstić information content (AvgIpc) is 3.40. The molecular weight excluding hydrogens is 538 g/mol. The Balaban J connectivity index is 1.45. The lowest BCUT2D eigenvalue weighted by molar-refractivity contribution is 0.477. The van der Waals surface area contributed by atoms with Crippen LogP contribution in [0.15, 0.2) is 115 Å². The van der Waals surface area contributed by atoms with E-state index in [-0.39, 0.29) is 11.2 Å². The Morgan fingerprint density at radius 3 is 2.16 bits per heavy atom. The first-order valence-corrected chi connectivity index (χ1v) is 15.1. The Morgan fingerprint density at radius 1 is 0.659 bits per heavy atom. The zero-order chi connectivity index (χ0) is 30.6. The van der Waals surface area contributed by atoms with Crippen LogP contribution in [0.1, 0.15) is 37.5 Å². The molecule has 0 aliphatic rings. The van der Waals surface area contributed by atoms with Gasteiger partial charge in [-0.25, -0.2) is 4.98 Å². The highest BCUT2D eigenvalue weighted by Crippen LogP contribution is 2.39. The van der Waals surface area contributed by atoms with Gasteiger partial charge in [0.05, 0.1) is 22.1 Å². The molecule has 0 spiro atoms. The summed E-state index contributed by atoms with van der Waals surface area (Å²) >= 11 is 0. The predicted molar refractivity (Wildman–Crippen MR) is 183 cm³/mol. The van der Waals surface area contributed by atoms with Crippen LogP contribution in [0, 0.1) is 13.8 Å². The van der Waals surface area contributed by atoms with Crippen LogP contribution in [0.25, 0.3) is 61.3 Å². The molecule has 4 heteroatoms. The van der Waals surface area contributed by atoms with Gasteiger partial charge in [-0.1, -0.05) is 87.5 Å². The SMILES string of the molecule is Cc1ccc2c(C)ccnc2c1-c1cccc(-c2cccc3c2nc(-c2ccccc2O)n3-c2ccc(C(C)(C)C)cc2)c1. The van der Waals surface area contributed by atoms with E-state index in [1.165, 1.54) is 22.1 Å². The summed E-state index contributed by atoms with van der Waals surface area (Å²) in [5.74, 6) is 0.905. The number of aromatic hydroxyl groups is 1. The van der Waals surface area contributed by atoms with Crippen molar-refractivity contribution in [3.63, 3.8) is 0 Å². The van der Waals surface area contributed by atoms with Crippen molar-refractivity contribution in [3.8, 4) is 45.1 Å². The van der Waals surface area contributed by atoms with E-state index < -0.39 is 0 Å². The summed E-state index contributed by atoms with van der Waals surface area (Å²) in [6, 6.07) is 37.5. The van der Waals surface area contributed by atoms with Gasteiger partial charge in [0, 0.05) is 28.4 Å². The smallest absolute Gasteiger partial charge is 0.149 e. The molecule has 0 saturated heterocycles. The third-order valence-electron chi connectivity index (χ3n) is 8.62. The largest absolute Gasteiger partial charge is 0.507 e. The van der Waals surface area contributed by atoms with Crippen LogP contribution in [-0.4, -0.2) is 19.6 Å². The normalized spacial score (nSPS) is 11.8. The van der Waals surface area contributed by atoms with E-state index in [1.54, 1.807) is 6.07 Å². The lowest BCUT2D eigenvalue weighted by Gasteiger charge is -2.19.